The molecule has 0 aliphatic rings. The molecule has 0 saturated carbocycles. The molecule has 0 saturated heterocycles. The number of furan rings is 1. The van der Waals surface area contributed by atoms with Crippen LogP contribution in [0.25, 0.3) is 6.08 Å². The Hall–Kier alpha value is -2.65. The van der Waals surface area contributed by atoms with E-state index in [9.17, 15) is 19.7 Å². The van der Waals surface area contributed by atoms with Crippen molar-refractivity contribution in [1.29, 1.82) is 0 Å². The van der Waals surface area contributed by atoms with Crippen LogP contribution in [-0.4, -0.2) is 23.4 Å². The Bertz CT molecular complexity index is 848. The zero-order valence-electron chi connectivity index (χ0n) is 12.4. The van der Waals surface area contributed by atoms with Gasteiger partial charge in [-0.2, -0.15) is 0 Å². The van der Waals surface area contributed by atoms with Crippen molar-refractivity contribution in [2.75, 3.05) is 11.9 Å². The molecule has 0 aliphatic heterocycles. The van der Waals surface area contributed by atoms with Crippen LogP contribution in [0.3, 0.4) is 0 Å². The van der Waals surface area contributed by atoms with E-state index in [-0.39, 0.29) is 16.4 Å². The minimum absolute atomic E-state index is 0.0517. The van der Waals surface area contributed by atoms with Crippen LogP contribution >= 0.6 is 27.5 Å². The van der Waals surface area contributed by atoms with Gasteiger partial charge in [0.15, 0.2) is 11.3 Å². The van der Waals surface area contributed by atoms with E-state index < -0.39 is 23.4 Å². The molecule has 1 aromatic carbocycles. The van der Waals surface area contributed by atoms with Gasteiger partial charge >= 0.3 is 5.97 Å². The third-order valence-electron chi connectivity index (χ3n) is 2.75. The maximum absolute atomic E-state index is 11.7. The second kappa shape index (κ2) is 8.45. The number of nitro benzene ring substituents is 1. The third kappa shape index (κ3) is 5.73. The number of esters is 1. The lowest BCUT2D eigenvalue weighted by Gasteiger charge is -2.05. The minimum Gasteiger partial charge on any atom is -0.452 e. The topological polar surface area (TPSA) is 112 Å². The van der Waals surface area contributed by atoms with E-state index in [2.05, 4.69) is 21.2 Å². The van der Waals surface area contributed by atoms with Gasteiger partial charge in [0.1, 0.15) is 10.8 Å². The molecule has 2 rings (SSSR count). The number of nitro groups is 1. The van der Waals surface area contributed by atoms with Gasteiger partial charge in [0.2, 0.25) is 0 Å². The fourth-order valence-corrected chi connectivity index (χ4v) is 2.19. The SMILES string of the molecule is O=C(COC(=O)C=Cc1ccc(Br)o1)Nc1ccc(Cl)c([N+](=O)[O-])c1. The number of benzene rings is 1. The molecule has 130 valence electrons. The molecular weight excluding hydrogens is 420 g/mol. The van der Waals surface area contributed by atoms with Gasteiger partial charge in [0, 0.05) is 17.8 Å². The van der Waals surface area contributed by atoms with Gasteiger partial charge in [-0.25, -0.2) is 4.79 Å². The Morgan fingerprint density at radius 1 is 1.36 bits per heavy atom. The number of carbonyl (C=O) groups excluding carboxylic acids is 2. The number of halogens is 2. The quantitative estimate of drug-likeness (QED) is 0.323. The molecule has 0 fully saturated rings. The molecule has 0 radical (unpaired) electrons. The summed E-state index contributed by atoms with van der Waals surface area (Å²) in [6.45, 7) is -0.554. The normalized spacial score (nSPS) is 10.6. The maximum atomic E-state index is 11.7. The highest BCUT2D eigenvalue weighted by atomic mass is 79.9. The largest absolute Gasteiger partial charge is 0.452 e. The van der Waals surface area contributed by atoms with Crippen molar-refractivity contribution in [2.45, 2.75) is 0 Å². The Balaban J connectivity index is 1.86. The highest BCUT2D eigenvalue weighted by Crippen LogP contribution is 2.27. The molecule has 0 aliphatic carbocycles. The Labute approximate surface area is 154 Å². The molecule has 10 heteroatoms. The fraction of sp³-hybridized carbons (Fsp3) is 0.0667. The number of carbonyl (C=O) groups is 2. The van der Waals surface area contributed by atoms with Crippen molar-refractivity contribution in [2.24, 2.45) is 0 Å². The Kier molecular flexibility index (Phi) is 6.31. The number of nitrogens with one attached hydrogen (secondary N) is 1. The van der Waals surface area contributed by atoms with Gasteiger partial charge < -0.3 is 14.5 Å². The molecule has 1 N–H and O–H groups in total. The standard InChI is InChI=1S/C15H10BrClN2O6/c16-13-5-2-10(25-13)3-6-15(21)24-8-14(20)18-9-1-4-11(17)12(7-9)19(22)23/h1-7H,8H2,(H,18,20). The Morgan fingerprint density at radius 2 is 2.12 bits per heavy atom. The lowest BCUT2D eigenvalue weighted by atomic mass is 10.3. The summed E-state index contributed by atoms with van der Waals surface area (Å²) in [6.07, 6.45) is 2.49. The summed E-state index contributed by atoms with van der Waals surface area (Å²) in [6, 6.07) is 7.07. The zero-order valence-corrected chi connectivity index (χ0v) is 14.7. The number of hydrogen-bond donors (Lipinski definition) is 1. The molecular formula is C15H10BrClN2O6. The Morgan fingerprint density at radius 3 is 2.76 bits per heavy atom. The molecule has 1 aromatic heterocycles. The average molecular weight is 430 g/mol. The summed E-state index contributed by atoms with van der Waals surface area (Å²) < 4.78 is 10.4. The van der Waals surface area contributed by atoms with E-state index in [0.29, 0.717) is 10.4 Å². The van der Waals surface area contributed by atoms with E-state index >= 15 is 0 Å². The lowest BCUT2D eigenvalue weighted by molar-refractivity contribution is -0.384. The minimum atomic E-state index is -0.746. The first kappa shape index (κ1) is 18.7. The first-order valence-corrected chi connectivity index (χ1v) is 7.86. The van der Waals surface area contributed by atoms with Crippen LogP contribution in [0.4, 0.5) is 11.4 Å². The maximum Gasteiger partial charge on any atom is 0.331 e. The summed E-state index contributed by atoms with van der Waals surface area (Å²) in [5.41, 5.74) is -0.183. The smallest absolute Gasteiger partial charge is 0.331 e. The first-order valence-electron chi connectivity index (χ1n) is 6.69. The van der Waals surface area contributed by atoms with Gasteiger partial charge in [0.25, 0.3) is 11.6 Å². The zero-order chi connectivity index (χ0) is 18.4. The molecule has 0 atom stereocenters. The molecule has 1 heterocycles. The highest BCUT2D eigenvalue weighted by molar-refractivity contribution is 9.10. The monoisotopic (exact) mass is 428 g/mol. The summed E-state index contributed by atoms with van der Waals surface area (Å²) in [5, 5.41) is 13.1. The molecule has 0 unspecified atom stereocenters. The predicted octanol–water partition coefficient (Wildman–Crippen LogP) is 3.80. The number of ether oxygens (including phenoxy) is 1. The van der Waals surface area contributed by atoms with Crippen molar-refractivity contribution >= 4 is 56.9 Å². The highest BCUT2D eigenvalue weighted by Gasteiger charge is 2.14. The van der Waals surface area contributed by atoms with E-state index in [1.807, 2.05) is 0 Å². The van der Waals surface area contributed by atoms with Crippen LogP contribution < -0.4 is 5.32 Å². The summed E-state index contributed by atoms with van der Waals surface area (Å²) in [7, 11) is 0. The number of nitrogens with zero attached hydrogens (tertiary/aromatic N) is 1. The van der Waals surface area contributed by atoms with Gasteiger partial charge in [-0.05, 0) is 46.3 Å². The first-order chi connectivity index (χ1) is 11.8. The second-order valence-corrected chi connectivity index (χ2v) is 5.74. The number of amides is 1. The molecule has 25 heavy (non-hydrogen) atoms. The van der Waals surface area contributed by atoms with Crippen LogP contribution in [0.5, 0.6) is 0 Å². The predicted molar refractivity (Wildman–Crippen MR) is 93.1 cm³/mol. The lowest BCUT2D eigenvalue weighted by Crippen LogP contribution is -2.20. The summed E-state index contributed by atoms with van der Waals surface area (Å²) in [5.74, 6) is -0.967. The number of hydrogen-bond acceptors (Lipinski definition) is 6. The van der Waals surface area contributed by atoms with E-state index in [4.69, 9.17) is 20.8 Å². The third-order valence-corrected chi connectivity index (χ3v) is 3.50. The van der Waals surface area contributed by atoms with E-state index in [0.717, 1.165) is 12.1 Å². The molecule has 8 nitrogen and oxygen atoms in total. The van der Waals surface area contributed by atoms with E-state index in [1.165, 1.54) is 18.2 Å². The average Bonchev–Trinajstić information content (AvgIpc) is 2.98. The van der Waals surface area contributed by atoms with Crippen molar-refractivity contribution < 1.29 is 23.7 Å². The summed E-state index contributed by atoms with van der Waals surface area (Å²) >= 11 is 8.79. The van der Waals surface area contributed by atoms with Crippen LogP contribution in [0.2, 0.25) is 5.02 Å². The summed E-state index contributed by atoms with van der Waals surface area (Å²) in [4.78, 5) is 33.4. The van der Waals surface area contributed by atoms with E-state index in [1.54, 1.807) is 12.1 Å². The second-order valence-electron chi connectivity index (χ2n) is 4.55. The van der Waals surface area contributed by atoms with Gasteiger partial charge in [-0.15, -0.1) is 0 Å². The van der Waals surface area contributed by atoms with Gasteiger partial charge in [0.05, 0.1) is 4.92 Å². The molecule has 0 bridgehead atoms. The van der Waals surface area contributed by atoms with Gasteiger partial charge in [-0.1, -0.05) is 11.6 Å². The van der Waals surface area contributed by atoms with Crippen molar-refractivity contribution in [1.82, 2.24) is 0 Å². The van der Waals surface area contributed by atoms with Crippen molar-refractivity contribution in [3.63, 3.8) is 0 Å². The van der Waals surface area contributed by atoms with Crippen LogP contribution in [-0.2, 0) is 14.3 Å². The van der Waals surface area contributed by atoms with Crippen molar-refractivity contribution in [3.8, 4) is 0 Å². The number of rotatable bonds is 6. The van der Waals surface area contributed by atoms with Crippen LogP contribution in [0.1, 0.15) is 5.76 Å². The molecule has 2 aromatic rings. The van der Waals surface area contributed by atoms with Crippen molar-refractivity contribution in [3.05, 3.63) is 62.0 Å². The van der Waals surface area contributed by atoms with Crippen LogP contribution in [0.15, 0.2) is 45.5 Å². The number of anilines is 1. The molecule has 1 amide bonds. The fourth-order valence-electron chi connectivity index (χ4n) is 1.68. The van der Waals surface area contributed by atoms with Gasteiger partial charge in [-0.3, -0.25) is 14.9 Å². The molecule has 0 spiro atoms. The van der Waals surface area contributed by atoms with Crippen LogP contribution in [0, 0.1) is 10.1 Å².